The fourth-order valence-corrected chi connectivity index (χ4v) is 7.89. The van der Waals surface area contributed by atoms with Gasteiger partial charge in [0.05, 0.1) is 0 Å². The van der Waals surface area contributed by atoms with E-state index in [1.165, 1.54) is 98.3 Å². The number of hydrogen-bond acceptors (Lipinski definition) is 1. The number of rotatable bonds is 23. The van der Waals surface area contributed by atoms with Crippen LogP contribution in [0.2, 0.25) is 0 Å². The molecule has 6 atom stereocenters. The second kappa shape index (κ2) is 33.0. The van der Waals surface area contributed by atoms with E-state index >= 15 is 0 Å². The molecular weight excluding hydrogens is 712 g/mol. The summed E-state index contributed by atoms with van der Waals surface area (Å²) in [5.74, 6) is 4.12. The zero-order valence-electron chi connectivity index (χ0n) is 36.1. The molecule has 304 valence electrons. The van der Waals surface area contributed by atoms with Gasteiger partial charge in [0.25, 0.3) is 0 Å². The van der Waals surface area contributed by atoms with Crippen molar-refractivity contribution in [1.29, 1.82) is 0 Å². The third-order valence-corrected chi connectivity index (χ3v) is 11.5. The molecular formula is C53H78BS2+. The van der Waals surface area contributed by atoms with Gasteiger partial charge >= 0.3 is 31.4 Å². The van der Waals surface area contributed by atoms with Gasteiger partial charge in [-0.05, 0) is 109 Å². The maximum Gasteiger partial charge on any atom is 1.00 e. The van der Waals surface area contributed by atoms with E-state index in [2.05, 4.69) is 205 Å². The largest absolute Gasteiger partial charge is 1.00 e. The summed E-state index contributed by atoms with van der Waals surface area (Å²) in [6.45, 7) is 15.8. The molecule has 4 aromatic rings. The topological polar surface area (TPSA) is 0 Å². The minimum atomic E-state index is 0. The maximum absolute atomic E-state index is 4.13. The summed E-state index contributed by atoms with van der Waals surface area (Å²) < 4.78 is 0. The smallest absolute Gasteiger partial charge is 1.00 e. The first-order valence-electron chi connectivity index (χ1n) is 21.4. The first kappa shape index (κ1) is 51.0. The van der Waals surface area contributed by atoms with Gasteiger partial charge in [-0.2, -0.15) is 0 Å². The molecule has 4 aromatic carbocycles. The quantitative estimate of drug-likeness (QED) is 0.0338. The van der Waals surface area contributed by atoms with E-state index in [1.807, 2.05) is 0 Å². The number of hydrogen-bond donors (Lipinski definition) is 1. The van der Waals surface area contributed by atoms with Crippen LogP contribution in [-0.2, 0) is 0 Å². The summed E-state index contributed by atoms with van der Waals surface area (Å²) in [5.41, 5.74) is 7.20. The third kappa shape index (κ3) is 21.5. The van der Waals surface area contributed by atoms with Gasteiger partial charge in [-0.25, -0.2) is 0 Å². The van der Waals surface area contributed by atoms with Gasteiger partial charge in [-0.1, -0.05) is 214 Å². The summed E-state index contributed by atoms with van der Waals surface area (Å²) in [7, 11) is 0. The van der Waals surface area contributed by atoms with Gasteiger partial charge in [0.1, 0.15) is 0 Å². The molecule has 0 spiro atoms. The van der Waals surface area contributed by atoms with E-state index in [1.54, 1.807) is 0 Å². The van der Waals surface area contributed by atoms with Crippen LogP contribution in [0.25, 0.3) is 0 Å². The van der Waals surface area contributed by atoms with Crippen LogP contribution >= 0.6 is 24.5 Å². The molecule has 0 aliphatic carbocycles. The Morgan fingerprint density at radius 1 is 0.589 bits per heavy atom. The fourth-order valence-electron chi connectivity index (χ4n) is 7.89. The van der Waals surface area contributed by atoms with Crippen LogP contribution in [0.5, 0.6) is 0 Å². The van der Waals surface area contributed by atoms with E-state index in [-0.39, 0.29) is 8.85 Å². The fraction of sp³-hybridized carbons (Fsp3) is 0.472. The van der Waals surface area contributed by atoms with Gasteiger partial charge in [-0.3, -0.25) is 0 Å². The Hall–Kier alpha value is -3.01. The predicted octanol–water partition coefficient (Wildman–Crippen LogP) is 17.6. The molecule has 3 heteroatoms. The zero-order chi connectivity index (χ0) is 39.9. The van der Waals surface area contributed by atoms with Crippen LogP contribution in [0.15, 0.2) is 146 Å². The molecule has 6 unspecified atom stereocenters. The van der Waals surface area contributed by atoms with E-state index in [4.69, 9.17) is 0 Å². The second-order valence-electron chi connectivity index (χ2n) is 15.4. The zero-order valence-corrected chi connectivity index (χ0v) is 36.8. The molecule has 0 nitrogen and oxygen atoms in total. The minimum Gasteiger partial charge on any atom is 1.00 e. The molecule has 0 radical (unpaired) electrons. The van der Waals surface area contributed by atoms with Gasteiger partial charge in [0, 0.05) is 0 Å². The number of benzene rings is 4. The van der Waals surface area contributed by atoms with Crippen molar-refractivity contribution in [2.24, 2.45) is 11.8 Å². The molecule has 0 bridgehead atoms. The molecule has 0 aromatic heterocycles. The van der Waals surface area contributed by atoms with Crippen molar-refractivity contribution in [3.05, 3.63) is 168 Å². The monoisotopic (exact) mass is 790 g/mol. The molecule has 0 aliphatic heterocycles. The Labute approximate surface area is 359 Å². The van der Waals surface area contributed by atoms with Gasteiger partial charge in [0.15, 0.2) is 0 Å². The van der Waals surface area contributed by atoms with Crippen LogP contribution in [0.4, 0.5) is 0 Å². The normalized spacial score (nSPS) is 13.9. The van der Waals surface area contributed by atoms with Crippen molar-refractivity contribution < 1.29 is 1.43 Å². The van der Waals surface area contributed by atoms with Crippen LogP contribution in [0.1, 0.15) is 173 Å². The van der Waals surface area contributed by atoms with Crippen LogP contribution in [0.3, 0.4) is 0 Å². The molecule has 0 heterocycles. The first-order valence-corrected chi connectivity index (χ1v) is 22.4. The molecule has 0 N–H and O–H groups in total. The minimum absolute atomic E-state index is 0. The summed E-state index contributed by atoms with van der Waals surface area (Å²) in [5, 5.41) is 0. The van der Waals surface area contributed by atoms with Crippen LogP contribution in [0, 0.1) is 11.8 Å². The SMILES string of the molecule is C.C=CC(CC/C=C/CC(CC)c1ccccc1)CC(C)c1ccccc1.CCC(CCCCCC(CC)c1ccccc1)CC(C)c1ccccc1.S=BS.[H+]. The summed E-state index contributed by atoms with van der Waals surface area (Å²) in [6.07, 6.45) is 23.6. The average molecular weight is 790 g/mol. The summed E-state index contributed by atoms with van der Waals surface area (Å²) >= 11 is 7.61. The van der Waals surface area contributed by atoms with E-state index in [9.17, 15) is 0 Å². The van der Waals surface area contributed by atoms with Crippen molar-refractivity contribution >= 4 is 30.0 Å². The molecule has 0 aliphatic rings. The van der Waals surface area contributed by atoms with E-state index in [0.717, 1.165) is 24.7 Å². The van der Waals surface area contributed by atoms with Crippen molar-refractivity contribution in [3.63, 3.8) is 0 Å². The summed E-state index contributed by atoms with van der Waals surface area (Å²) in [6, 6.07) is 43.8. The number of thiol groups is 1. The van der Waals surface area contributed by atoms with Crippen molar-refractivity contribution in [2.45, 2.75) is 149 Å². The second-order valence-corrected chi connectivity index (χ2v) is 16.3. The molecule has 0 fully saturated rings. The van der Waals surface area contributed by atoms with Gasteiger partial charge in [0.2, 0.25) is 0 Å². The molecule has 0 saturated carbocycles. The van der Waals surface area contributed by atoms with Gasteiger partial charge in [-0.15, -0.1) is 6.58 Å². The third-order valence-electron chi connectivity index (χ3n) is 11.5. The first-order chi connectivity index (χ1) is 26.9. The molecule has 0 saturated heterocycles. The molecule has 4 rings (SSSR count). The number of allylic oxidation sites excluding steroid dienone is 3. The predicted molar refractivity (Wildman–Crippen MR) is 262 cm³/mol. The average Bonchev–Trinajstić information content (AvgIpc) is 3.24. The molecule has 56 heavy (non-hydrogen) atoms. The Balaban J connectivity index is 0.000000996. The maximum atomic E-state index is 4.13. The van der Waals surface area contributed by atoms with E-state index < -0.39 is 0 Å². The Bertz CT molecular complexity index is 1510. The standard InChI is InChI=1S/C26H38.C26H34.CH4.BHS2/c2*1-4-23(21-22(3)25-17-11-7-12-18-25)15-9-6-10-16-24(5-2)26-19-13-8-14-20-26;;2-1-3/h7-8,11-14,17-20,22-24H,4-6,9-10,15-16,21H2,1-3H3;4,6-8,10-14,17-20,22-24H,1,5,9,15-16,21H2,2-3H3;1H4;2H/p+1/b;10-6+;;. The number of unbranched alkanes of at least 4 members (excludes halogenated alkanes) is 2. The van der Waals surface area contributed by atoms with Crippen molar-refractivity contribution in [1.82, 2.24) is 0 Å². The Morgan fingerprint density at radius 3 is 1.46 bits per heavy atom. The van der Waals surface area contributed by atoms with Crippen molar-refractivity contribution in [3.8, 4) is 0 Å². The Kier molecular flexibility index (Phi) is 30.1. The van der Waals surface area contributed by atoms with Crippen LogP contribution < -0.4 is 0 Å². The van der Waals surface area contributed by atoms with Crippen molar-refractivity contribution in [2.75, 3.05) is 0 Å². The van der Waals surface area contributed by atoms with E-state index in [0.29, 0.717) is 23.7 Å². The van der Waals surface area contributed by atoms with Gasteiger partial charge < -0.3 is 0 Å². The summed E-state index contributed by atoms with van der Waals surface area (Å²) in [4.78, 5) is 0. The Morgan fingerprint density at radius 2 is 1.02 bits per heavy atom. The molecule has 0 amide bonds. The van der Waals surface area contributed by atoms with Crippen LogP contribution in [-0.4, -0.2) is 5.43 Å².